The van der Waals surface area contributed by atoms with Crippen LogP contribution in [0.2, 0.25) is 0 Å². The van der Waals surface area contributed by atoms with Crippen molar-refractivity contribution in [3.8, 4) is 0 Å². The van der Waals surface area contributed by atoms with Crippen molar-refractivity contribution in [2.45, 2.75) is 25.4 Å². The summed E-state index contributed by atoms with van der Waals surface area (Å²) < 4.78 is 20.8. The van der Waals surface area contributed by atoms with Crippen LogP contribution in [0.1, 0.15) is 19.3 Å². The van der Waals surface area contributed by atoms with Gasteiger partial charge in [0.05, 0.1) is 52.7 Å². The number of ether oxygens (including phenoxy) is 4. The van der Waals surface area contributed by atoms with Crippen LogP contribution in [0.4, 0.5) is 0 Å². The van der Waals surface area contributed by atoms with E-state index in [-0.39, 0.29) is 12.4 Å². The van der Waals surface area contributed by atoms with Crippen LogP contribution >= 0.6 is 0 Å². The Morgan fingerprint density at radius 1 is 1.05 bits per heavy atom. The first kappa shape index (κ1) is 16.4. The first-order valence-electron chi connectivity index (χ1n) is 6.87. The summed E-state index contributed by atoms with van der Waals surface area (Å²) in [7, 11) is 1.37. The molecule has 1 heterocycles. The van der Waals surface area contributed by atoms with Crippen molar-refractivity contribution in [3.63, 3.8) is 0 Å². The average Bonchev–Trinajstić information content (AvgIpc) is 2.46. The van der Waals surface area contributed by atoms with Crippen molar-refractivity contribution in [1.82, 2.24) is 5.32 Å². The van der Waals surface area contributed by atoms with Crippen LogP contribution in [0, 0.1) is 0 Å². The lowest BCUT2D eigenvalue weighted by Gasteiger charge is -2.22. The maximum absolute atomic E-state index is 10.8. The van der Waals surface area contributed by atoms with Crippen molar-refractivity contribution in [1.29, 1.82) is 0 Å². The molecule has 1 aliphatic rings. The topological polar surface area (TPSA) is 66.0 Å². The zero-order chi connectivity index (χ0) is 13.8. The number of rotatable bonds is 10. The summed E-state index contributed by atoms with van der Waals surface area (Å²) >= 11 is 0. The Morgan fingerprint density at radius 3 is 2.37 bits per heavy atom. The fourth-order valence-corrected chi connectivity index (χ4v) is 1.82. The number of carbonyl (C=O) groups excluding carboxylic acids is 1. The highest BCUT2D eigenvalue weighted by atomic mass is 16.5. The lowest BCUT2D eigenvalue weighted by atomic mass is 10.1. The molecule has 1 fully saturated rings. The van der Waals surface area contributed by atoms with Gasteiger partial charge in [0.15, 0.2) is 0 Å². The third kappa shape index (κ3) is 8.93. The fraction of sp³-hybridized carbons (Fsp3) is 0.923. The molecule has 0 amide bonds. The summed E-state index contributed by atoms with van der Waals surface area (Å²) in [5, 5.41) is 3.30. The van der Waals surface area contributed by atoms with Crippen LogP contribution in [-0.4, -0.2) is 65.3 Å². The van der Waals surface area contributed by atoms with Crippen molar-refractivity contribution < 1.29 is 23.7 Å². The average molecular weight is 275 g/mol. The minimum atomic E-state index is -0.253. The molecule has 0 unspecified atom stereocenters. The number of nitrogens with one attached hydrogen (secondary N) is 1. The van der Waals surface area contributed by atoms with Gasteiger partial charge in [0.2, 0.25) is 0 Å². The Balaban J connectivity index is 1.77. The van der Waals surface area contributed by atoms with Crippen LogP contribution in [0.25, 0.3) is 0 Å². The van der Waals surface area contributed by atoms with Gasteiger partial charge in [-0.2, -0.15) is 0 Å². The van der Waals surface area contributed by atoms with Crippen LogP contribution in [0.5, 0.6) is 0 Å². The molecule has 0 saturated carbocycles. The molecule has 0 aliphatic carbocycles. The molecule has 1 N–H and O–H groups in total. The molecule has 6 nitrogen and oxygen atoms in total. The lowest BCUT2D eigenvalue weighted by molar-refractivity contribution is -0.141. The zero-order valence-electron chi connectivity index (χ0n) is 11.7. The second-order valence-electron chi connectivity index (χ2n) is 4.37. The highest BCUT2D eigenvalue weighted by molar-refractivity contribution is 5.69. The maximum Gasteiger partial charge on any atom is 0.307 e. The molecule has 0 radical (unpaired) electrons. The van der Waals surface area contributed by atoms with E-state index in [1.54, 1.807) is 0 Å². The van der Waals surface area contributed by atoms with E-state index >= 15 is 0 Å². The molecule has 112 valence electrons. The fourth-order valence-electron chi connectivity index (χ4n) is 1.82. The van der Waals surface area contributed by atoms with E-state index in [9.17, 15) is 4.79 Å². The van der Waals surface area contributed by atoms with Crippen molar-refractivity contribution in [2.75, 3.05) is 53.2 Å². The van der Waals surface area contributed by atoms with Gasteiger partial charge < -0.3 is 24.3 Å². The number of esters is 1. The summed E-state index contributed by atoms with van der Waals surface area (Å²) in [4.78, 5) is 10.8. The summed E-state index contributed by atoms with van der Waals surface area (Å²) in [6, 6.07) is 0. The number of piperidine rings is 1. The van der Waals surface area contributed by atoms with Gasteiger partial charge in [-0.1, -0.05) is 0 Å². The summed E-state index contributed by atoms with van der Waals surface area (Å²) in [6.07, 6.45) is 2.82. The Bertz CT molecular complexity index is 231. The van der Waals surface area contributed by atoms with E-state index < -0.39 is 0 Å². The quantitative estimate of drug-likeness (QED) is 0.458. The summed E-state index contributed by atoms with van der Waals surface area (Å²) in [5.74, 6) is -0.253. The second-order valence-corrected chi connectivity index (χ2v) is 4.37. The number of hydrogen-bond acceptors (Lipinski definition) is 6. The van der Waals surface area contributed by atoms with Crippen LogP contribution in [0.3, 0.4) is 0 Å². The molecule has 1 saturated heterocycles. The predicted molar refractivity (Wildman–Crippen MR) is 70.1 cm³/mol. The van der Waals surface area contributed by atoms with Crippen molar-refractivity contribution >= 4 is 5.97 Å². The molecular formula is C13H25NO5. The third-order valence-electron chi connectivity index (χ3n) is 2.92. The minimum absolute atomic E-state index is 0.253. The SMILES string of the molecule is COC(=O)CCOCCOCCOC1CCNCC1. The normalized spacial score (nSPS) is 16.5. The van der Waals surface area contributed by atoms with Crippen LogP contribution in [0.15, 0.2) is 0 Å². The largest absolute Gasteiger partial charge is 0.469 e. The van der Waals surface area contributed by atoms with E-state index in [1.807, 2.05) is 0 Å². The van der Waals surface area contributed by atoms with Crippen molar-refractivity contribution in [3.05, 3.63) is 0 Å². The van der Waals surface area contributed by atoms with Gasteiger partial charge >= 0.3 is 5.97 Å². The molecular weight excluding hydrogens is 250 g/mol. The Hall–Kier alpha value is -0.690. The van der Waals surface area contributed by atoms with Crippen molar-refractivity contribution in [2.24, 2.45) is 0 Å². The van der Waals surface area contributed by atoms with E-state index in [0.29, 0.717) is 39.1 Å². The van der Waals surface area contributed by atoms with Gasteiger partial charge in [0, 0.05) is 0 Å². The molecule has 0 aromatic carbocycles. The highest BCUT2D eigenvalue weighted by Gasteiger charge is 2.12. The predicted octanol–water partition coefficient (Wildman–Crippen LogP) is 0.351. The van der Waals surface area contributed by atoms with Crippen LogP contribution < -0.4 is 5.32 Å². The number of hydrogen-bond donors (Lipinski definition) is 1. The number of methoxy groups -OCH3 is 1. The molecule has 0 spiro atoms. The smallest absolute Gasteiger partial charge is 0.307 e. The number of carbonyl (C=O) groups is 1. The third-order valence-corrected chi connectivity index (χ3v) is 2.92. The highest BCUT2D eigenvalue weighted by Crippen LogP contribution is 2.06. The van der Waals surface area contributed by atoms with Gasteiger partial charge in [0.25, 0.3) is 0 Å². The van der Waals surface area contributed by atoms with Gasteiger partial charge in [-0.25, -0.2) is 0 Å². The van der Waals surface area contributed by atoms with E-state index in [2.05, 4.69) is 10.1 Å². The Labute approximate surface area is 114 Å². The van der Waals surface area contributed by atoms with Gasteiger partial charge in [0.1, 0.15) is 0 Å². The first-order valence-corrected chi connectivity index (χ1v) is 6.87. The first-order chi connectivity index (χ1) is 9.33. The molecule has 1 aliphatic heterocycles. The molecule has 0 aromatic rings. The van der Waals surface area contributed by atoms with Gasteiger partial charge in [-0.15, -0.1) is 0 Å². The minimum Gasteiger partial charge on any atom is -0.469 e. The molecule has 1 rings (SSSR count). The van der Waals surface area contributed by atoms with E-state index in [0.717, 1.165) is 25.9 Å². The molecule has 19 heavy (non-hydrogen) atoms. The van der Waals surface area contributed by atoms with Gasteiger partial charge in [-0.3, -0.25) is 4.79 Å². The summed E-state index contributed by atoms with van der Waals surface area (Å²) in [5.41, 5.74) is 0. The maximum atomic E-state index is 10.8. The van der Waals surface area contributed by atoms with Crippen LogP contribution in [-0.2, 0) is 23.7 Å². The van der Waals surface area contributed by atoms with E-state index in [1.165, 1.54) is 7.11 Å². The molecule has 0 aromatic heterocycles. The Kier molecular flexibility index (Phi) is 9.61. The van der Waals surface area contributed by atoms with Gasteiger partial charge in [-0.05, 0) is 25.9 Å². The molecule has 0 atom stereocenters. The summed E-state index contributed by atoms with van der Waals surface area (Å²) in [6.45, 7) is 4.69. The molecule has 6 heteroatoms. The standard InChI is InChI=1S/C13H25NO5/c1-16-13(15)4-7-17-8-9-18-10-11-19-12-2-5-14-6-3-12/h12,14H,2-11H2,1H3. The lowest BCUT2D eigenvalue weighted by Crippen LogP contribution is -2.33. The Morgan fingerprint density at radius 2 is 1.68 bits per heavy atom. The second kappa shape index (κ2) is 11.2. The monoisotopic (exact) mass is 275 g/mol. The molecule has 0 bridgehead atoms. The van der Waals surface area contributed by atoms with E-state index in [4.69, 9.17) is 14.2 Å². The zero-order valence-corrected chi connectivity index (χ0v) is 11.7.